The standard InChI is InChI=1S/C20H24N4O3/c1-14-7-9-16(10-8-14)22-20(27)21-12-15-4-3-11-24(13-15)18-6-2-5-17(23-18)19(25)26/h2,5-10,15H,3-4,11-13H2,1H3,(H,25,26)(H2,21,22,27). The largest absolute Gasteiger partial charge is 0.477 e. The van der Waals surface area contributed by atoms with E-state index in [0.717, 1.165) is 37.2 Å². The number of amides is 2. The summed E-state index contributed by atoms with van der Waals surface area (Å²) in [5, 5.41) is 14.9. The molecule has 1 aromatic heterocycles. The molecule has 1 aromatic carbocycles. The Morgan fingerprint density at radius 1 is 1.22 bits per heavy atom. The molecule has 1 atom stereocenters. The highest BCUT2D eigenvalue weighted by atomic mass is 16.4. The molecule has 0 bridgehead atoms. The number of anilines is 2. The number of urea groups is 1. The summed E-state index contributed by atoms with van der Waals surface area (Å²) in [6, 6.07) is 12.5. The fraction of sp³-hybridized carbons (Fsp3) is 0.350. The van der Waals surface area contributed by atoms with Crippen molar-refractivity contribution in [3.63, 3.8) is 0 Å². The van der Waals surface area contributed by atoms with Crippen molar-refractivity contribution < 1.29 is 14.7 Å². The molecule has 0 aliphatic carbocycles. The number of nitrogens with zero attached hydrogens (tertiary/aromatic N) is 2. The summed E-state index contributed by atoms with van der Waals surface area (Å²) in [6.45, 7) is 4.13. The lowest BCUT2D eigenvalue weighted by Crippen LogP contribution is -2.42. The zero-order valence-corrected chi connectivity index (χ0v) is 15.3. The third-order valence-electron chi connectivity index (χ3n) is 4.66. The molecule has 3 rings (SSSR count). The third kappa shape index (κ3) is 5.20. The molecule has 1 fully saturated rings. The first kappa shape index (κ1) is 18.7. The minimum atomic E-state index is -1.03. The predicted molar refractivity (Wildman–Crippen MR) is 104 cm³/mol. The first-order chi connectivity index (χ1) is 13.0. The Balaban J connectivity index is 1.52. The van der Waals surface area contributed by atoms with E-state index in [1.165, 1.54) is 6.07 Å². The molecule has 142 valence electrons. The fourth-order valence-corrected chi connectivity index (χ4v) is 3.21. The molecule has 2 heterocycles. The number of carboxylic acids is 1. The Labute approximate surface area is 158 Å². The van der Waals surface area contributed by atoms with Gasteiger partial charge in [0.15, 0.2) is 5.69 Å². The Morgan fingerprint density at radius 3 is 2.74 bits per heavy atom. The number of nitrogens with one attached hydrogen (secondary N) is 2. The van der Waals surface area contributed by atoms with Gasteiger partial charge in [-0.25, -0.2) is 14.6 Å². The van der Waals surface area contributed by atoms with Gasteiger partial charge in [0.1, 0.15) is 5.82 Å². The lowest BCUT2D eigenvalue weighted by molar-refractivity contribution is 0.0690. The molecule has 3 N–H and O–H groups in total. The monoisotopic (exact) mass is 368 g/mol. The summed E-state index contributed by atoms with van der Waals surface area (Å²) < 4.78 is 0. The second kappa shape index (κ2) is 8.53. The molecule has 1 saturated heterocycles. The summed E-state index contributed by atoms with van der Waals surface area (Å²) in [7, 11) is 0. The van der Waals surface area contributed by atoms with Crippen LogP contribution in [-0.2, 0) is 0 Å². The molecule has 0 saturated carbocycles. The quantitative estimate of drug-likeness (QED) is 0.754. The highest BCUT2D eigenvalue weighted by molar-refractivity contribution is 5.89. The second-order valence-corrected chi connectivity index (χ2v) is 6.84. The Bertz CT molecular complexity index is 807. The fourth-order valence-electron chi connectivity index (χ4n) is 3.21. The maximum absolute atomic E-state index is 12.1. The molecule has 1 aliphatic heterocycles. The first-order valence-corrected chi connectivity index (χ1v) is 9.08. The van der Waals surface area contributed by atoms with Gasteiger partial charge in [0, 0.05) is 25.3 Å². The highest BCUT2D eigenvalue weighted by Crippen LogP contribution is 2.21. The first-order valence-electron chi connectivity index (χ1n) is 9.08. The maximum atomic E-state index is 12.1. The van der Waals surface area contributed by atoms with Crippen molar-refractivity contribution in [3.05, 3.63) is 53.7 Å². The number of aromatic nitrogens is 1. The number of hydrogen-bond donors (Lipinski definition) is 3. The molecular weight excluding hydrogens is 344 g/mol. The van der Waals surface area contributed by atoms with E-state index in [9.17, 15) is 9.59 Å². The van der Waals surface area contributed by atoms with Crippen LogP contribution in [0.15, 0.2) is 42.5 Å². The van der Waals surface area contributed by atoms with E-state index in [1.54, 1.807) is 6.07 Å². The molecule has 0 spiro atoms. The van der Waals surface area contributed by atoms with Gasteiger partial charge in [-0.2, -0.15) is 0 Å². The lowest BCUT2D eigenvalue weighted by atomic mass is 9.98. The van der Waals surface area contributed by atoms with Crippen molar-refractivity contribution in [2.24, 2.45) is 5.92 Å². The Morgan fingerprint density at radius 2 is 2.00 bits per heavy atom. The van der Waals surface area contributed by atoms with Crippen molar-refractivity contribution in [3.8, 4) is 0 Å². The van der Waals surface area contributed by atoms with E-state index in [0.29, 0.717) is 12.4 Å². The minimum Gasteiger partial charge on any atom is -0.477 e. The van der Waals surface area contributed by atoms with Crippen molar-refractivity contribution in [2.45, 2.75) is 19.8 Å². The summed E-state index contributed by atoms with van der Waals surface area (Å²) >= 11 is 0. The smallest absolute Gasteiger partial charge is 0.354 e. The van der Waals surface area contributed by atoms with Crippen LogP contribution in [0.5, 0.6) is 0 Å². The topological polar surface area (TPSA) is 94.6 Å². The van der Waals surface area contributed by atoms with Gasteiger partial charge in [0.25, 0.3) is 0 Å². The average molecular weight is 368 g/mol. The number of benzene rings is 1. The van der Waals surface area contributed by atoms with E-state index in [4.69, 9.17) is 5.11 Å². The number of hydrogen-bond acceptors (Lipinski definition) is 4. The number of carbonyl (C=O) groups is 2. The molecule has 27 heavy (non-hydrogen) atoms. The molecule has 7 nitrogen and oxygen atoms in total. The Hall–Kier alpha value is -3.09. The van der Waals surface area contributed by atoms with Crippen LogP contribution >= 0.6 is 0 Å². The predicted octanol–water partition coefficient (Wildman–Crippen LogP) is 3.13. The van der Waals surface area contributed by atoms with E-state index in [2.05, 4.69) is 20.5 Å². The number of aryl methyl sites for hydroxylation is 1. The number of aromatic carboxylic acids is 1. The van der Waals surface area contributed by atoms with Gasteiger partial charge in [0.05, 0.1) is 0 Å². The third-order valence-corrected chi connectivity index (χ3v) is 4.66. The SMILES string of the molecule is Cc1ccc(NC(=O)NCC2CCCN(c3cccc(C(=O)O)n3)C2)cc1. The summed E-state index contributed by atoms with van der Waals surface area (Å²) in [4.78, 5) is 29.5. The van der Waals surface area contributed by atoms with Crippen molar-refractivity contribution >= 4 is 23.5 Å². The Kier molecular flexibility index (Phi) is 5.90. The molecule has 0 radical (unpaired) electrons. The number of rotatable bonds is 5. The van der Waals surface area contributed by atoms with Gasteiger partial charge < -0.3 is 20.6 Å². The average Bonchev–Trinajstić information content (AvgIpc) is 2.68. The number of carboxylic acid groups (broad SMARTS) is 1. The molecule has 2 amide bonds. The number of piperidine rings is 1. The normalized spacial score (nSPS) is 16.6. The minimum absolute atomic E-state index is 0.0465. The van der Waals surface area contributed by atoms with E-state index in [-0.39, 0.29) is 17.6 Å². The number of pyridine rings is 1. The van der Waals surface area contributed by atoms with Crippen molar-refractivity contribution in [2.75, 3.05) is 29.9 Å². The van der Waals surface area contributed by atoms with Crippen LogP contribution in [0.4, 0.5) is 16.3 Å². The molecule has 2 aromatic rings. The van der Waals surface area contributed by atoms with Crippen LogP contribution in [0.2, 0.25) is 0 Å². The lowest BCUT2D eigenvalue weighted by Gasteiger charge is -2.33. The van der Waals surface area contributed by atoms with Gasteiger partial charge in [-0.15, -0.1) is 0 Å². The maximum Gasteiger partial charge on any atom is 0.354 e. The molecule has 1 unspecified atom stereocenters. The number of carbonyl (C=O) groups excluding carboxylic acids is 1. The van der Waals surface area contributed by atoms with Crippen LogP contribution in [0.1, 0.15) is 28.9 Å². The van der Waals surface area contributed by atoms with Crippen LogP contribution in [0, 0.1) is 12.8 Å². The van der Waals surface area contributed by atoms with E-state index >= 15 is 0 Å². The van der Waals surface area contributed by atoms with Crippen molar-refractivity contribution in [1.29, 1.82) is 0 Å². The molecular formula is C20H24N4O3. The van der Waals surface area contributed by atoms with Crippen LogP contribution in [-0.4, -0.2) is 41.7 Å². The van der Waals surface area contributed by atoms with Gasteiger partial charge in [-0.1, -0.05) is 23.8 Å². The van der Waals surface area contributed by atoms with Gasteiger partial charge in [-0.05, 0) is 49.9 Å². The summed E-state index contributed by atoms with van der Waals surface area (Å²) in [5.74, 6) is -0.0682. The summed E-state index contributed by atoms with van der Waals surface area (Å²) in [6.07, 6.45) is 1.99. The van der Waals surface area contributed by atoms with Gasteiger partial charge in [0.2, 0.25) is 0 Å². The van der Waals surface area contributed by atoms with E-state index < -0.39 is 5.97 Å². The molecule has 7 heteroatoms. The van der Waals surface area contributed by atoms with Gasteiger partial charge >= 0.3 is 12.0 Å². The zero-order valence-electron chi connectivity index (χ0n) is 15.3. The van der Waals surface area contributed by atoms with Crippen molar-refractivity contribution in [1.82, 2.24) is 10.3 Å². The summed E-state index contributed by atoms with van der Waals surface area (Å²) in [5.41, 5.74) is 1.95. The van der Waals surface area contributed by atoms with Crippen LogP contribution in [0.25, 0.3) is 0 Å². The highest BCUT2D eigenvalue weighted by Gasteiger charge is 2.22. The van der Waals surface area contributed by atoms with Crippen LogP contribution in [0.3, 0.4) is 0 Å². The van der Waals surface area contributed by atoms with E-state index in [1.807, 2.05) is 37.3 Å². The second-order valence-electron chi connectivity index (χ2n) is 6.84. The van der Waals surface area contributed by atoms with Crippen LogP contribution < -0.4 is 15.5 Å². The van der Waals surface area contributed by atoms with Gasteiger partial charge in [-0.3, -0.25) is 0 Å². The molecule has 1 aliphatic rings. The zero-order chi connectivity index (χ0) is 19.2.